The highest BCUT2D eigenvalue weighted by molar-refractivity contribution is 6.31. The minimum absolute atomic E-state index is 0.00892. The van der Waals surface area contributed by atoms with E-state index in [1.54, 1.807) is 12.1 Å². The molecule has 100 valence electrons. The zero-order valence-corrected chi connectivity index (χ0v) is 11.7. The van der Waals surface area contributed by atoms with Crippen molar-refractivity contribution in [3.05, 3.63) is 34.6 Å². The Hall–Kier alpha value is -1.40. The van der Waals surface area contributed by atoms with Gasteiger partial charge in [0.05, 0.1) is 11.1 Å². The number of nitriles is 1. The Morgan fingerprint density at radius 2 is 2.11 bits per heavy atom. The first kappa shape index (κ1) is 14.0. The number of halogens is 2. The lowest BCUT2D eigenvalue weighted by molar-refractivity contribution is -0.130. The molecule has 0 bridgehead atoms. The Bertz CT molecular complexity index is 576. The van der Waals surface area contributed by atoms with Crippen molar-refractivity contribution in [2.24, 2.45) is 10.8 Å². The first-order valence-electron chi connectivity index (χ1n) is 6.21. The fourth-order valence-electron chi connectivity index (χ4n) is 2.73. The van der Waals surface area contributed by atoms with Gasteiger partial charge in [0.1, 0.15) is 11.2 Å². The van der Waals surface area contributed by atoms with Crippen molar-refractivity contribution in [1.29, 1.82) is 5.26 Å². The van der Waals surface area contributed by atoms with Gasteiger partial charge in [-0.2, -0.15) is 5.26 Å². The second-order valence-corrected chi connectivity index (χ2v) is 6.17. The molecule has 2 rings (SSSR count). The second kappa shape index (κ2) is 4.61. The summed E-state index contributed by atoms with van der Waals surface area (Å²) in [4.78, 5) is 12.4. The zero-order chi connectivity index (χ0) is 14.3. The first-order valence-corrected chi connectivity index (χ1v) is 6.59. The molecule has 2 nitrogen and oxygen atoms in total. The van der Waals surface area contributed by atoms with Crippen LogP contribution in [-0.2, 0) is 11.2 Å². The molecule has 1 fully saturated rings. The lowest BCUT2D eigenvalue weighted by Crippen LogP contribution is -2.33. The topological polar surface area (TPSA) is 40.9 Å². The molecule has 1 aromatic carbocycles. The van der Waals surface area contributed by atoms with Gasteiger partial charge in [0.2, 0.25) is 0 Å². The Labute approximate surface area is 117 Å². The summed E-state index contributed by atoms with van der Waals surface area (Å²) in [5, 5.41) is 9.44. The molecule has 1 aromatic rings. The zero-order valence-electron chi connectivity index (χ0n) is 11.0. The van der Waals surface area contributed by atoms with Crippen molar-refractivity contribution < 1.29 is 9.18 Å². The summed E-state index contributed by atoms with van der Waals surface area (Å²) in [5.41, 5.74) is -1.04. The third-order valence-corrected chi connectivity index (χ3v) is 4.39. The third-order valence-electron chi connectivity index (χ3n) is 3.96. The molecule has 0 amide bonds. The predicted molar refractivity (Wildman–Crippen MR) is 71.2 cm³/mol. The van der Waals surface area contributed by atoms with E-state index in [0.717, 1.165) is 0 Å². The van der Waals surface area contributed by atoms with Crippen LogP contribution >= 0.6 is 11.6 Å². The third kappa shape index (κ3) is 2.26. The number of ketones is 1. The molecule has 19 heavy (non-hydrogen) atoms. The summed E-state index contributed by atoms with van der Waals surface area (Å²) < 4.78 is 13.4. The fourth-order valence-corrected chi connectivity index (χ4v) is 2.92. The summed E-state index contributed by atoms with van der Waals surface area (Å²) in [6, 6.07) is 6.63. The van der Waals surface area contributed by atoms with E-state index in [1.807, 2.05) is 13.8 Å². The summed E-state index contributed by atoms with van der Waals surface area (Å²) >= 11 is 5.91. The van der Waals surface area contributed by atoms with E-state index in [0.29, 0.717) is 18.4 Å². The number of Topliss-reactive ketones (excluding diaryl/α,β-unsaturated/α-hetero) is 1. The van der Waals surface area contributed by atoms with Gasteiger partial charge in [0, 0.05) is 5.41 Å². The monoisotopic (exact) mass is 279 g/mol. The minimum atomic E-state index is -1.07. The van der Waals surface area contributed by atoms with Crippen molar-refractivity contribution >= 4 is 17.4 Å². The SMILES string of the molecule is CC1(C)CCC(C#N)(Cc2cccc(F)c2Cl)C1=O. The summed E-state index contributed by atoms with van der Waals surface area (Å²) in [6.45, 7) is 3.70. The fraction of sp³-hybridized carbons (Fsp3) is 0.467. The van der Waals surface area contributed by atoms with Crippen LogP contribution in [0.15, 0.2) is 18.2 Å². The molecule has 1 atom stereocenters. The van der Waals surface area contributed by atoms with Crippen molar-refractivity contribution in [3.63, 3.8) is 0 Å². The Morgan fingerprint density at radius 3 is 2.63 bits per heavy atom. The molecule has 0 aromatic heterocycles. The molecular formula is C15H15ClFNO. The van der Waals surface area contributed by atoms with Crippen LogP contribution in [0.25, 0.3) is 0 Å². The summed E-state index contributed by atoms with van der Waals surface area (Å²) in [5.74, 6) is -0.584. The highest BCUT2D eigenvalue weighted by Crippen LogP contribution is 2.47. The van der Waals surface area contributed by atoms with Crippen LogP contribution in [0.3, 0.4) is 0 Å². The first-order chi connectivity index (χ1) is 8.82. The summed E-state index contributed by atoms with van der Waals surface area (Å²) in [6.07, 6.45) is 1.36. The number of carbonyl (C=O) groups excluding carboxylic acids is 1. The molecule has 0 radical (unpaired) electrons. The van der Waals surface area contributed by atoms with Crippen LogP contribution in [0.5, 0.6) is 0 Å². The number of benzene rings is 1. The second-order valence-electron chi connectivity index (χ2n) is 5.80. The van der Waals surface area contributed by atoms with Crippen LogP contribution in [0.4, 0.5) is 4.39 Å². The molecule has 4 heteroatoms. The average molecular weight is 280 g/mol. The van der Waals surface area contributed by atoms with Gasteiger partial charge in [0.15, 0.2) is 5.78 Å². The molecule has 1 saturated carbocycles. The molecule has 0 heterocycles. The highest BCUT2D eigenvalue weighted by Gasteiger charge is 2.52. The van der Waals surface area contributed by atoms with E-state index >= 15 is 0 Å². The lowest BCUT2D eigenvalue weighted by atomic mass is 9.77. The molecule has 0 aliphatic heterocycles. The number of rotatable bonds is 2. The maximum atomic E-state index is 13.4. The van der Waals surface area contributed by atoms with Crippen LogP contribution in [0.1, 0.15) is 32.3 Å². The lowest BCUT2D eigenvalue weighted by Gasteiger charge is -2.22. The molecule has 0 spiro atoms. The van der Waals surface area contributed by atoms with Gasteiger partial charge in [-0.15, -0.1) is 0 Å². The van der Waals surface area contributed by atoms with Crippen LogP contribution < -0.4 is 0 Å². The largest absolute Gasteiger partial charge is 0.297 e. The van der Waals surface area contributed by atoms with E-state index in [-0.39, 0.29) is 17.2 Å². The van der Waals surface area contributed by atoms with Crippen LogP contribution in [-0.4, -0.2) is 5.78 Å². The summed E-state index contributed by atoms with van der Waals surface area (Å²) in [7, 11) is 0. The molecule has 1 aliphatic carbocycles. The van der Waals surface area contributed by atoms with Crippen molar-refractivity contribution in [1.82, 2.24) is 0 Å². The van der Waals surface area contributed by atoms with Crippen molar-refractivity contribution in [3.8, 4) is 6.07 Å². The van der Waals surface area contributed by atoms with Gasteiger partial charge < -0.3 is 0 Å². The standard InChI is InChI=1S/C15H15ClFNO/c1-14(2)6-7-15(9-18,13(14)19)8-10-4-3-5-11(17)12(10)16/h3-5H,6-8H2,1-2H3. The number of hydrogen-bond donors (Lipinski definition) is 0. The normalized spacial score (nSPS) is 25.3. The van der Waals surface area contributed by atoms with Crippen LogP contribution in [0.2, 0.25) is 5.02 Å². The van der Waals surface area contributed by atoms with E-state index in [2.05, 4.69) is 6.07 Å². The van der Waals surface area contributed by atoms with E-state index in [4.69, 9.17) is 11.6 Å². The maximum Gasteiger partial charge on any atom is 0.158 e. The van der Waals surface area contributed by atoms with Gasteiger partial charge >= 0.3 is 0 Å². The van der Waals surface area contributed by atoms with Gasteiger partial charge in [-0.25, -0.2) is 4.39 Å². The van der Waals surface area contributed by atoms with Gasteiger partial charge in [0.25, 0.3) is 0 Å². The minimum Gasteiger partial charge on any atom is -0.297 e. The van der Waals surface area contributed by atoms with Crippen molar-refractivity contribution in [2.75, 3.05) is 0 Å². The molecule has 0 saturated heterocycles. The van der Waals surface area contributed by atoms with Gasteiger partial charge in [-0.05, 0) is 30.9 Å². The molecule has 1 unspecified atom stereocenters. The molecule has 1 aliphatic rings. The molecular weight excluding hydrogens is 265 g/mol. The van der Waals surface area contributed by atoms with Gasteiger partial charge in [-0.1, -0.05) is 37.6 Å². The quantitative estimate of drug-likeness (QED) is 0.823. The number of carbonyl (C=O) groups is 1. The highest BCUT2D eigenvalue weighted by atomic mass is 35.5. The average Bonchev–Trinajstić information content (AvgIpc) is 2.60. The Morgan fingerprint density at radius 1 is 1.42 bits per heavy atom. The van der Waals surface area contributed by atoms with Crippen LogP contribution in [0, 0.1) is 28.0 Å². The van der Waals surface area contributed by atoms with Crippen molar-refractivity contribution in [2.45, 2.75) is 33.1 Å². The van der Waals surface area contributed by atoms with E-state index in [1.165, 1.54) is 6.07 Å². The van der Waals surface area contributed by atoms with E-state index < -0.39 is 16.6 Å². The van der Waals surface area contributed by atoms with Gasteiger partial charge in [-0.3, -0.25) is 4.79 Å². The number of nitrogens with zero attached hydrogens (tertiary/aromatic N) is 1. The smallest absolute Gasteiger partial charge is 0.158 e. The predicted octanol–water partition coefficient (Wildman–Crippen LogP) is 3.92. The Kier molecular flexibility index (Phi) is 3.40. The maximum absolute atomic E-state index is 13.4. The molecule has 0 N–H and O–H groups in total. The number of hydrogen-bond acceptors (Lipinski definition) is 2. The van der Waals surface area contributed by atoms with E-state index in [9.17, 15) is 14.4 Å². The Balaban J connectivity index is 2.39.